The fourth-order valence-electron chi connectivity index (χ4n) is 3.93. The molecule has 5 heteroatoms. The van der Waals surface area contributed by atoms with E-state index in [0.29, 0.717) is 31.6 Å². The van der Waals surface area contributed by atoms with Crippen molar-refractivity contribution >= 4 is 5.97 Å². The molecule has 0 amide bonds. The minimum Gasteiger partial charge on any atom is -0.494 e. The third-order valence-electron chi connectivity index (χ3n) is 6.19. The van der Waals surface area contributed by atoms with Gasteiger partial charge in [0.15, 0.2) is 0 Å². The predicted octanol–water partition coefficient (Wildman–Crippen LogP) is 7.60. The summed E-state index contributed by atoms with van der Waals surface area (Å²) in [5.74, 6) is 1.35. The third-order valence-corrected chi connectivity index (χ3v) is 6.19. The van der Waals surface area contributed by atoms with Crippen LogP contribution < -0.4 is 9.47 Å². The normalized spacial score (nSPS) is 10.8. The molecular weight excluding hydrogens is 464 g/mol. The molecule has 1 N–H and O–H groups in total. The van der Waals surface area contributed by atoms with Crippen LogP contribution in [0.3, 0.4) is 0 Å². The van der Waals surface area contributed by atoms with E-state index in [1.807, 2.05) is 36.4 Å². The van der Waals surface area contributed by atoms with E-state index in [9.17, 15) is 4.79 Å². The van der Waals surface area contributed by atoms with Gasteiger partial charge >= 0.3 is 5.97 Å². The number of benzene rings is 3. The Morgan fingerprint density at radius 1 is 0.649 bits per heavy atom. The molecule has 0 heterocycles. The number of hydrogen-bond donors (Lipinski definition) is 1. The molecule has 0 unspecified atom stereocenters. The standard InChI is InChI=1S/C32H40O5/c1-2-3-4-5-6-8-23-35-30-18-14-27(15-19-30)28-16-20-31(21-17-28)37-25-26-10-12-29(13-11-26)32(34)36-24-9-7-22-33/h10-21,33H,2-9,22-25H2,1H3. The van der Waals surface area contributed by atoms with Crippen molar-refractivity contribution in [3.8, 4) is 22.6 Å². The Labute approximate surface area is 221 Å². The fourth-order valence-corrected chi connectivity index (χ4v) is 3.93. The van der Waals surface area contributed by atoms with E-state index < -0.39 is 0 Å². The highest BCUT2D eigenvalue weighted by Gasteiger charge is 2.07. The van der Waals surface area contributed by atoms with E-state index in [2.05, 4.69) is 31.2 Å². The maximum atomic E-state index is 12.0. The number of rotatable bonds is 17. The lowest BCUT2D eigenvalue weighted by molar-refractivity contribution is 0.0492. The van der Waals surface area contributed by atoms with Crippen LogP contribution >= 0.6 is 0 Å². The Balaban J connectivity index is 1.40. The molecule has 0 atom stereocenters. The summed E-state index contributed by atoms with van der Waals surface area (Å²) in [5.41, 5.74) is 3.74. The zero-order valence-corrected chi connectivity index (χ0v) is 22.0. The summed E-state index contributed by atoms with van der Waals surface area (Å²) >= 11 is 0. The van der Waals surface area contributed by atoms with Crippen molar-refractivity contribution in [2.45, 2.75) is 64.9 Å². The number of carbonyl (C=O) groups excluding carboxylic acids is 1. The van der Waals surface area contributed by atoms with Crippen molar-refractivity contribution in [3.63, 3.8) is 0 Å². The zero-order chi connectivity index (χ0) is 26.1. The van der Waals surface area contributed by atoms with Gasteiger partial charge in [0.1, 0.15) is 18.1 Å². The number of hydrogen-bond acceptors (Lipinski definition) is 5. The molecule has 3 rings (SSSR count). The Kier molecular flexibility index (Phi) is 12.6. The molecule has 0 fully saturated rings. The summed E-state index contributed by atoms with van der Waals surface area (Å²) in [4.78, 5) is 12.0. The minimum atomic E-state index is -0.349. The summed E-state index contributed by atoms with van der Waals surface area (Å²) in [6.07, 6.45) is 8.87. The Bertz CT molecular complexity index is 1030. The van der Waals surface area contributed by atoms with Crippen LogP contribution in [0.4, 0.5) is 0 Å². The van der Waals surface area contributed by atoms with Gasteiger partial charge in [0.25, 0.3) is 0 Å². The summed E-state index contributed by atoms with van der Waals surface area (Å²) in [6.45, 7) is 3.85. The minimum absolute atomic E-state index is 0.108. The van der Waals surface area contributed by atoms with Crippen molar-refractivity contribution in [2.24, 2.45) is 0 Å². The molecule has 0 bridgehead atoms. The van der Waals surface area contributed by atoms with E-state index >= 15 is 0 Å². The van der Waals surface area contributed by atoms with Gasteiger partial charge in [-0.05, 0) is 72.4 Å². The first-order valence-corrected chi connectivity index (χ1v) is 13.5. The van der Waals surface area contributed by atoms with Crippen LogP contribution in [0.5, 0.6) is 11.5 Å². The van der Waals surface area contributed by atoms with Crippen molar-refractivity contribution < 1.29 is 24.1 Å². The quantitative estimate of drug-likeness (QED) is 0.151. The lowest BCUT2D eigenvalue weighted by Crippen LogP contribution is -2.07. The number of aliphatic hydroxyl groups excluding tert-OH is 1. The first-order chi connectivity index (χ1) is 18.2. The molecule has 5 nitrogen and oxygen atoms in total. The lowest BCUT2D eigenvalue weighted by atomic mass is 10.1. The molecule has 3 aromatic rings. The van der Waals surface area contributed by atoms with E-state index in [-0.39, 0.29) is 12.6 Å². The molecule has 0 saturated heterocycles. The van der Waals surface area contributed by atoms with Crippen LogP contribution in [-0.2, 0) is 11.3 Å². The van der Waals surface area contributed by atoms with Gasteiger partial charge in [0, 0.05) is 6.61 Å². The molecule has 0 aliphatic carbocycles. The smallest absolute Gasteiger partial charge is 0.338 e. The monoisotopic (exact) mass is 504 g/mol. The molecule has 0 aliphatic heterocycles. The fraction of sp³-hybridized carbons (Fsp3) is 0.406. The van der Waals surface area contributed by atoms with Gasteiger partial charge in [-0.25, -0.2) is 4.79 Å². The van der Waals surface area contributed by atoms with E-state index in [1.165, 1.54) is 32.1 Å². The molecule has 37 heavy (non-hydrogen) atoms. The van der Waals surface area contributed by atoms with Crippen molar-refractivity contribution in [1.29, 1.82) is 0 Å². The molecule has 0 aromatic heterocycles. The topological polar surface area (TPSA) is 65.0 Å². The third kappa shape index (κ3) is 10.3. The molecule has 0 radical (unpaired) electrons. The number of aliphatic hydroxyl groups is 1. The van der Waals surface area contributed by atoms with Gasteiger partial charge < -0.3 is 19.3 Å². The van der Waals surface area contributed by atoms with Crippen LogP contribution in [0.15, 0.2) is 72.8 Å². The molecular formula is C32H40O5. The highest BCUT2D eigenvalue weighted by Crippen LogP contribution is 2.25. The Hall–Kier alpha value is -3.31. The maximum absolute atomic E-state index is 12.0. The summed E-state index contributed by atoms with van der Waals surface area (Å²) < 4.78 is 17.0. The largest absolute Gasteiger partial charge is 0.494 e. The van der Waals surface area contributed by atoms with Gasteiger partial charge in [0.2, 0.25) is 0 Å². The predicted molar refractivity (Wildman–Crippen MR) is 148 cm³/mol. The number of esters is 1. The van der Waals surface area contributed by atoms with Crippen LogP contribution in [0.1, 0.15) is 74.2 Å². The number of ether oxygens (including phenoxy) is 3. The molecule has 198 valence electrons. The van der Waals surface area contributed by atoms with Crippen molar-refractivity contribution in [1.82, 2.24) is 0 Å². The number of carbonyl (C=O) groups is 1. The molecule has 3 aromatic carbocycles. The first-order valence-electron chi connectivity index (χ1n) is 13.5. The average Bonchev–Trinajstić information content (AvgIpc) is 2.94. The van der Waals surface area contributed by atoms with Crippen LogP contribution in [-0.4, -0.2) is 30.9 Å². The summed E-state index contributed by atoms with van der Waals surface area (Å²) in [5, 5.41) is 8.78. The van der Waals surface area contributed by atoms with Crippen LogP contribution in [0, 0.1) is 0 Å². The second-order valence-corrected chi connectivity index (χ2v) is 9.22. The average molecular weight is 505 g/mol. The Morgan fingerprint density at radius 2 is 1.22 bits per heavy atom. The van der Waals surface area contributed by atoms with E-state index in [4.69, 9.17) is 19.3 Å². The van der Waals surface area contributed by atoms with Gasteiger partial charge in [-0.1, -0.05) is 75.4 Å². The summed E-state index contributed by atoms with van der Waals surface area (Å²) in [7, 11) is 0. The SMILES string of the molecule is CCCCCCCCOc1ccc(-c2ccc(OCc3ccc(C(=O)OCCCCO)cc3)cc2)cc1. The van der Waals surface area contributed by atoms with Gasteiger partial charge in [0.05, 0.1) is 18.8 Å². The molecule has 0 aliphatic rings. The molecule has 0 spiro atoms. The second kappa shape index (κ2) is 16.4. The first kappa shape index (κ1) is 28.3. The van der Waals surface area contributed by atoms with E-state index in [0.717, 1.165) is 41.2 Å². The Morgan fingerprint density at radius 3 is 1.84 bits per heavy atom. The zero-order valence-electron chi connectivity index (χ0n) is 22.0. The number of unbranched alkanes of at least 4 members (excludes halogenated alkanes) is 6. The van der Waals surface area contributed by atoms with Crippen LogP contribution in [0.2, 0.25) is 0 Å². The second-order valence-electron chi connectivity index (χ2n) is 9.22. The van der Waals surface area contributed by atoms with Gasteiger partial charge in [-0.2, -0.15) is 0 Å². The lowest BCUT2D eigenvalue weighted by Gasteiger charge is -2.10. The highest BCUT2D eigenvalue weighted by molar-refractivity contribution is 5.89. The maximum Gasteiger partial charge on any atom is 0.338 e. The van der Waals surface area contributed by atoms with Crippen molar-refractivity contribution in [3.05, 3.63) is 83.9 Å². The van der Waals surface area contributed by atoms with Crippen molar-refractivity contribution in [2.75, 3.05) is 19.8 Å². The van der Waals surface area contributed by atoms with Gasteiger partial charge in [-0.15, -0.1) is 0 Å². The highest BCUT2D eigenvalue weighted by atomic mass is 16.5. The van der Waals surface area contributed by atoms with Crippen LogP contribution in [0.25, 0.3) is 11.1 Å². The molecule has 0 saturated carbocycles. The van der Waals surface area contributed by atoms with E-state index in [1.54, 1.807) is 12.1 Å². The van der Waals surface area contributed by atoms with Gasteiger partial charge in [-0.3, -0.25) is 0 Å². The summed E-state index contributed by atoms with van der Waals surface area (Å²) in [6, 6.07) is 23.5.